The fraction of sp³-hybridized carbons (Fsp3) is 0.211. The van der Waals surface area contributed by atoms with Gasteiger partial charge >= 0.3 is 5.97 Å². The van der Waals surface area contributed by atoms with Crippen molar-refractivity contribution >= 4 is 34.8 Å². The number of hydrogen-bond donors (Lipinski definition) is 2. The highest BCUT2D eigenvalue weighted by molar-refractivity contribution is 5.94. The molecule has 2 N–H and O–H groups in total. The molecule has 0 saturated heterocycles. The van der Waals surface area contributed by atoms with E-state index < -0.39 is 29.3 Å². The average Bonchev–Trinajstić information content (AvgIpc) is 2.71. The van der Waals surface area contributed by atoms with Crippen molar-refractivity contribution in [2.45, 2.75) is 12.8 Å². The van der Waals surface area contributed by atoms with Crippen LogP contribution in [0.2, 0.25) is 0 Å². The van der Waals surface area contributed by atoms with E-state index in [9.17, 15) is 24.5 Å². The van der Waals surface area contributed by atoms with Crippen molar-refractivity contribution in [3.63, 3.8) is 0 Å². The Labute approximate surface area is 166 Å². The normalized spacial score (nSPS) is 9.97. The van der Waals surface area contributed by atoms with Gasteiger partial charge in [-0.05, 0) is 18.2 Å². The van der Waals surface area contributed by atoms with E-state index in [0.29, 0.717) is 11.4 Å². The van der Waals surface area contributed by atoms with Crippen LogP contribution in [0.4, 0.5) is 17.1 Å². The molecule has 0 unspecified atom stereocenters. The number of non-ortho nitro benzene ring substituents is 1. The summed E-state index contributed by atoms with van der Waals surface area (Å²) in [6.07, 6.45) is -0.438. The summed E-state index contributed by atoms with van der Waals surface area (Å²) in [7, 11) is 1.50. The number of rotatable bonds is 9. The van der Waals surface area contributed by atoms with Crippen LogP contribution in [0.1, 0.15) is 12.8 Å². The Morgan fingerprint density at radius 1 is 0.966 bits per heavy atom. The molecule has 0 saturated carbocycles. The van der Waals surface area contributed by atoms with Crippen molar-refractivity contribution in [3.8, 4) is 5.75 Å². The number of nitro groups is 1. The molecular weight excluding hydrogens is 382 g/mol. The molecule has 0 fully saturated rings. The lowest BCUT2D eigenvalue weighted by atomic mass is 10.2. The maximum absolute atomic E-state index is 11.9. The number of amides is 2. The first-order valence-electron chi connectivity index (χ1n) is 8.51. The Balaban J connectivity index is 1.72. The molecule has 0 radical (unpaired) electrons. The van der Waals surface area contributed by atoms with Gasteiger partial charge in [0.25, 0.3) is 11.6 Å². The van der Waals surface area contributed by atoms with E-state index in [0.717, 1.165) is 0 Å². The summed E-state index contributed by atoms with van der Waals surface area (Å²) in [5.41, 5.74) is 0.571. The minimum absolute atomic E-state index is 0.163. The third kappa shape index (κ3) is 7.29. The average molecular weight is 401 g/mol. The quantitative estimate of drug-likeness (QED) is 0.374. The number of ether oxygens (including phenoxy) is 2. The fourth-order valence-corrected chi connectivity index (χ4v) is 2.25. The molecule has 0 aliphatic carbocycles. The van der Waals surface area contributed by atoms with Crippen LogP contribution in [0.15, 0.2) is 48.5 Å². The zero-order chi connectivity index (χ0) is 21.2. The molecule has 152 valence electrons. The first-order chi connectivity index (χ1) is 13.9. The highest BCUT2D eigenvalue weighted by atomic mass is 16.6. The van der Waals surface area contributed by atoms with Crippen LogP contribution in [-0.4, -0.2) is 36.4 Å². The molecule has 2 aromatic carbocycles. The molecular formula is C19H19N3O7. The van der Waals surface area contributed by atoms with Crippen LogP contribution < -0.4 is 15.4 Å². The minimum Gasteiger partial charge on any atom is -0.497 e. The van der Waals surface area contributed by atoms with Crippen molar-refractivity contribution in [2.75, 3.05) is 24.4 Å². The van der Waals surface area contributed by atoms with E-state index in [1.54, 1.807) is 24.3 Å². The molecule has 2 amide bonds. The van der Waals surface area contributed by atoms with Crippen molar-refractivity contribution in [2.24, 2.45) is 0 Å². The monoisotopic (exact) mass is 401 g/mol. The van der Waals surface area contributed by atoms with E-state index in [4.69, 9.17) is 9.47 Å². The molecule has 0 aliphatic heterocycles. The lowest BCUT2D eigenvalue weighted by Crippen LogP contribution is -2.21. The number of esters is 1. The van der Waals surface area contributed by atoms with Crippen LogP contribution >= 0.6 is 0 Å². The molecule has 0 bridgehead atoms. The van der Waals surface area contributed by atoms with Crippen molar-refractivity contribution in [1.29, 1.82) is 0 Å². The number of hydrogen-bond acceptors (Lipinski definition) is 7. The van der Waals surface area contributed by atoms with E-state index >= 15 is 0 Å². The Hall–Kier alpha value is -3.95. The fourth-order valence-electron chi connectivity index (χ4n) is 2.25. The van der Waals surface area contributed by atoms with Crippen molar-refractivity contribution in [1.82, 2.24) is 0 Å². The van der Waals surface area contributed by atoms with Crippen molar-refractivity contribution in [3.05, 3.63) is 58.6 Å². The maximum Gasteiger partial charge on any atom is 0.306 e. The summed E-state index contributed by atoms with van der Waals surface area (Å²) in [6, 6.07) is 12.1. The van der Waals surface area contributed by atoms with Gasteiger partial charge in [0.15, 0.2) is 6.61 Å². The number of nitrogens with one attached hydrogen (secondary N) is 2. The predicted molar refractivity (Wildman–Crippen MR) is 104 cm³/mol. The first-order valence-corrected chi connectivity index (χ1v) is 8.51. The van der Waals surface area contributed by atoms with Gasteiger partial charge in [-0.25, -0.2) is 0 Å². The molecule has 0 heterocycles. The Morgan fingerprint density at radius 2 is 1.62 bits per heavy atom. The largest absolute Gasteiger partial charge is 0.497 e. The predicted octanol–water partition coefficient (Wildman–Crippen LogP) is 2.50. The number of anilines is 2. The topological polar surface area (TPSA) is 137 Å². The lowest BCUT2D eigenvalue weighted by molar-refractivity contribution is -0.384. The molecule has 0 atom stereocenters. The van der Waals surface area contributed by atoms with Gasteiger partial charge in [0.2, 0.25) is 5.91 Å². The van der Waals surface area contributed by atoms with Gasteiger partial charge in [0.05, 0.1) is 18.5 Å². The zero-order valence-electron chi connectivity index (χ0n) is 15.5. The Bertz CT molecular complexity index is 914. The maximum atomic E-state index is 11.9. The molecule has 0 aromatic heterocycles. The number of carbonyl (C=O) groups excluding carboxylic acids is 3. The smallest absolute Gasteiger partial charge is 0.306 e. The summed E-state index contributed by atoms with van der Waals surface area (Å²) < 4.78 is 9.87. The molecule has 10 nitrogen and oxygen atoms in total. The van der Waals surface area contributed by atoms with Crippen LogP contribution in [-0.2, 0) is 19.1 Å². The summed E-state index contributed by atoms with van der Waals surface area (Å²) in [6.45, 7) is -0.497. The highest BCUT2D eigenvalue weighted by Gasteiger charge is 2.12. The van der Waals surface area contributed by atoms with Gasteiger partial charge in [-0.15, -0.1) is 0 Å². The number of carbonyl (C=O) groups is 3. The zero-order valence-corrected chi connectivity index (χ0v) is 15.5. The summed E-state index contributed by atoms with van der Waals surface area (Å²) in [4.78, 5) is 45.5. The number of benzene rings is 2. The van der Waals surface area contributed by atoms with Crippen LogP contribution in [0.5, 0.6) is 5.75 Å². The summed E-state index contributed by atoms with van der Waals surface area (Å²) in [5.74, 6) is -1.20. The van der Waals surface area contributed by atoms with Gasteiger partial charge in [-0.2, -0.15) is 0 Å². The molecule has 2 rings (SSSR count). The Morgan fingerprint density at radius 3 is 2.31 bits per heavy atom. The number of nitro benzene ring substituents is 1. The third-order valence-corrected chi connectivity index (χ3v) is 3.61. The molecule has 29 heavy (non-hydrogen) atoms. The molecule has 10 heteroatoms. The van der Waals surface area contributed by atoms with Crippen molar-refractivity contribution < 1.29 is 28.8 Å². The SMILES string of the molecule is COc1cccc(NC(=O)COC(=O)CCC(=O)Nc2cccc([N+](=O)[O-])c2)c1. The highest BCUT2D eigenvalue weighted by Crippen LogP contribution is 2.18. The van der Waals surface area contributed by atoms with E-state index in [1.807, 2.05) is 0 Å². The van der Waals surface area contributed by atoms with Gasteiger partial charge in [0, 0.05) is 36.0 Å². The molecule has 2 aromatic rings. The standard InChI is InChI=1S/C19H19N3O7/c1-28-16-7-3-5-14(11-16)21-18(24)12-29-19(25)9-8-17(23)20-13-4-2-6-15(10-13)22(26)27/h2-7,10-11H,8-9,12H2,1H3,(H,20,23)(H,21,24). The van der Waals surface area contributed by atoms with E-state index in [-0.39, 0.29) is 24.2 Å². The van der Waals surface area contributed by atoms with Crippen LogP contribution in [0, 0.1) is 10.1 Å². The summed E-state index contributed by atoms with van der Waals surface area (Å²) >= 11 is 0. The van der Waals surface area contributed by atoms with Crippen LogP contribution in [0.3, 0.4) is 0 Å². The van der Waals surface area contributed by atoms with E-state index in [2.05, 4.69) is 10.6 Å². The second-order valence-electron chi connectivity index (χ2n) is 5.80. The third-order valence-electron chi connectivity index (χ3n) is 3.61. The lowest BCUT2D eigenvalue weighted by Gasteiger charge is -2.08. The van der Waals surface area contributed by atoms with Gasteiger partial charge in [0.1, 0.15) is 5.75 Å². The van der Waals surface area contributed by atoms with Gasteiger partial charge < -0.3 is 20.1 Å². The first kappa shape index (κ1) is 21.4. The van der Waals surface area contributed by atoms with Gasteiger partial charge in [-0.1, -0.05) is 12.1 Å². The number of methoxy groups -OCH3 is 1. The van der Waals surface area contributed by atoms with Crippen LogP contribution in [0.25, 0.3) is 0 Å². The number of nitrogens with zero attached hydrogens (tertiary/aromatic N) is 1. The summed E-state index contributed by atoms with van der Waals surface area (Å²) in [5, 5.41) is 15.7. The second kappa shape index (κ2) is 10.4. The molecule has 0 spiro atoms. The van der Waals surface area contributed by atoms with E-state index in [1.165, 1.54) is 31.4 Å². The van der Waals surface area contributed by atoms with Gasteiger partial charge in [-0.3, -0.25) is 24.5 Å². The second-order valence-corrected chi connectivity index (χ2v) is 5.80. The molecule has 0 aliphatic rings. The minimum atomic E-state index is -0.722. The Kier molecular flexibility index (Phi) is 7.66.